The van der Waals surface area contributed by atoms with Crippen molar-refractivity contribution in [2.45, 2.75) is 26.3 Å². The SMILES string of the molecule is CCCn1c(Cc2ccc(Br)cc2)cc2ccccc2c1=O. The van der Waals surface area contributed by atoms with E-state index in [1.54, 1.807) is 0 Å². The van der Waals surface area contributed by atoms with Crippen molar-refractivity contribution in [3.05, 3.63) is 80.7 Å². The van der Waals surface area contributed by atoms with Gasteiger partial charge in [-0.05, 0) is 41.6 Å². The number of rotatable bonds is 4. The van der Waals surface area contributed by atoms with Crippen LogP contribution in [0.5, 0.6) is 0 Å². The molecule has 1 heterocycles. The van der Waals surface area contributed by atoms with Gasteiger partial charge in [-0.3, -0.25) is 4.79 Å². The van der Waals surface area contributed by atoms with E-state index in [2.05, 4.69) is 41.1 Å². The molecule has 0 aliphatic rings. The highest BCUT2D eigenvalue weighted by atomic mass is 79.9. The summed E-state index contributed by atoms with van der Waals surface area (Å²) in [5.41, 5.74) is 2.41. The van der Waals surface area contributed by atoms with E-state index < -0.39 is 0 Å². The standard InChI is InChI=1S/C19H18BrNO/c1-2-11-21-17(12-14-7-9-16(20)10-8-14)13-15-5-3-4-6-18(15)19(21)22/h3-10,13H,2,11-12H2,1H3. The van der Waals surface area contributed by atoms with Gasteiger partial charge >= 0.3 is 0 Å². The fourth-order valence-corrected chi connectivity index (χ4v) is 3.04. The van der Waals surface area contributed by atoms with Gasteiger partial charge in [0.2, 0.25) is 0 Å². The molecular weight excluding hydrogens is 338 g/mol. The monoisotopic (exact) mass is 355 g/mol. The third-order valence-electron chi connectivity index (χ3n) is 3.85. The number of halogens is 1. The number of benzene rings is 2. The Morgan fingerprint density at radius 2 is 1.77 bits per heavy atom. The molecule has 0 amide bonds. The van der Waals surface area contributed by atoms with Crippen molar-refractivity contribution in [2.75, 3.05) is 0 Å². The predicted molar refractivity (Wildman–Crippen MR) is 95.4 cm³/mol. The molecule has 0 aliphatic carbocycles. The van der Waals surface area contributed by atoms with Gasteiger partial charge in [-0.15, -0.1) is 0 Å². The lowest BCUT2D eigenvalue weighted by Gasteiger charge is -2.14. The Morgan fingerprint density at radius 3 is 2.50 bits per heavy atom. The first-order valence-corrected chi connectivity index (χ1v) is 8.34. The van der Waals surface area contributed by atoms with Gasteiger partial charge in [0.15, 0.2) is 0 Å². The van der Waals surface area contributed by atoms with E-state index in [1.165, 1.54) is 5.56 Å². The first-order chi connectivity index (χ1) is 10.7. The zero-order valence-corrected chi connectivity index (χ0v) is 14.1. The lowest BCUT2D eigenvalue weighted by Crippen LogP contribution is -2.23. The molecule has 0 aliphatic heterocycles. The zero-order valence-electron chi connectivity index (χ0n) is 12.6. The van der Waals surface area contributed by atoms with Crippen LogP contribution in [-0.2, 0) is 13.0 Å². The highest BCUT2D eigenvalue weighted by Gasteiger charge is 2.09. The first-order valence-electron chi connectivity index (χ1n) is 7.55. The lowest BCUT2D eigenvalue weighted by atomic mass is 10.1. The van der Waals surface area contributed by atoms with Gasteiger partial charge in [0.25, 0.3) is 5.56 Å². The molecule has 2 nitrogen and oxygen atoms in total. The molecule has 3 rings (SSSR count). The second-order valence-corrected chi connectivity index (χ2v) is 6.40. The van der Waals surface area contributed by atoms with Crippen LogP contribution in [0.4, 0.5) is 0 Å². The van der Waals surface area contributed by atoms with Gasteiger partial charge in [-0.1, -0.05) is 53.2 Å². The molecule has 2 aromatic carbocycles. The van der Waals surface area contributed by atoms with Crippen molar-refractivity contribution in [2.24, 2.45) is 0 Å². The Morgan fingerprint density at radius 1 is 1.05 bits per heavy atom. The molecule has 0 N–H and O–H groups in total. The Kier molecular flexibility index (Phi) is 4.44. The molecule has 112 valence electrons. The van der Waals surface area contributed by atoms with Crippen LogP contribution in [-0.4, -0.2) is 4.57 Å². The fourth-order valence-electron chi connectivity index (χ4n) is 2.78. The molecule has 0 fully saturated rings. The van der Waals surface area contributed by atoms with Gasteiger partial charge in [-0.2, -0.15) is 0 Å². The fraction of sp³-hybridized carbons (Fsp3) is 0.211. The molecule has 0 spiro atoms. The van der Waals surface area contributed by atoms with Gasteiger partial charge in [0.05, 0.1) is 0 Å². The van der Waals surface area contributed by atoms with Crippen LogP contribution in [0.3, 0.4) is 0 Å². The maximum absolute atomic E-state index is 12.7. The van der Waals surface area contributed by atoms with Crippen LogP contribution in [0.25, 0.3) is 10.8 Å². The van der Waals surface area contributed by atoms with Crippen molar-refractivity contribution >= 4 is 26.7 Å². The van der Waals surface area contributed by atoms with Crippen molar-refractivity contribution in [1.82, 2.24) is 4.57 Å². The Balaban J connectivity index is 2.12. The Hall–Kier alpha value is -1.87. The third kappa shape index (κ3) is 3.00. The summed E-state index contributed by atoms with van der Waals surface area (Å²) < 4.78 is 2.99. The molecule has 0 bridgehead atoms. The van der Waals surface area contributed by atoms with Crippen LogP contribution in [0.2, 0.25) is 0 Å². The average Bonchev–Trinajstić information content (AvgIpc) is 2.53. The summed E-state index contributed by atoms with van der Waals surface area (Å²) in [5.74, 6) is 0. The number of hydrogen-bond acceptors (Lipinski definition) is 1. The number of aromatic nitrogens is 1. The summed E-state index contributed by atoms with van der Waals surface area (Å²) >= 11 is 3.46. The molecule has 0 unspecified atom stereocenters. The van der Waals surface area contributed by atoms with Gasteiger partial charge in [0, 0.05) is 28.5 Å². The van der Waals surface area contributed by atoms with Crippen LogP contribution >= 0.6 is 15.9 Å². The third-order valence-corrected chi connectivity index (χ3v) is 4.38. The minimum absolute atomic E-state index is 0.118. The van der Waals surface area contributed by atoms with Crippen LogP contribution in [0.1, 0.15) is 24.6 Å². The molecule has 0 atom stereocenters. The van der Waals surface area contributed by atoms with Gasteiger partial charge in [0.1, 0.15) is 0 Å². The van der Waals surface area contributed by atoms with Crippen molar-refractivity contribution in [3.63, 3.8) is 0 Å². The summed E-state index contributed by atoms with van der Waals surface area (Å²) in [6, 6.07) is 18.3. The quantitative estimate of drug-likeness (QED) is 0.660. The smallest absolute Gasteiger partial charge is 0.258 e. The topological polar surface area (TPSA) is 22.0 Å². The van der Waals surface area contributed by atoms with E-state index >= 15 is 0 Å². The summed E-state index contributed by atoms with van der Waals surface area (Å²) in [6.45, 7) is 2.86. The number of hydrogen-bond donors (Lipinski definition) is 0. The second kappa shape index (κ2) is 6.49. The summed E-state index contributed by atoms with van der Waals surface area (Å²) in [7, 11) is 0. The first kappa shape index (κ1) is 15.0. The zero-order chi connectivity index (χ0) is 15.5. The van der Waals surface area contributed by atoms with E-state index in [9.17, 15) is 4.79 Å². The van der Waals surface area contributed by atoms with Crippen molar-refractivity contribution < 1.29 is 0 Å². The molecular formula is C19H18BrNO. The molecule has 0 radical (unpaired) electrons. The second-order valence-electron chi connectivity index (χ2n) is 5.48. The van der Waals surface area contributed by atoms with Crippen LogP contribution in [0, 0.1) is 0 Å². The van der Waals surface area contributed by atoms with E-state index in [4.69, 9.17) is 0 Å². The summed E-state index contributed by atoms with van der Waals surface area (Å²) in [6.07, 6.45) is 1.72. The van der Waals surface area contributed by atoms with E-state index in [-0.39, 0.29) is 5.56 Å². The van der Waals surface area contributed by atoms with E-state index in [1.807, 2.05) is 41.0 Å². The average molecular weight is 356 g/mol. The maximum atomic E-state index is 12.7. The van der Waals surface area contributed by atoms with Gasteiger partial charge < -0.3 is 4.57 Å². The minimum atomic E-state index is 0.118. The number of nitrogens with zero attached hydrogens (tertiary/aromatic N) is 1. The molecule has 3 aromatic rings. The van der Waals surface area contributed by atoms with E-state index in [0.717, 1.165) is 40.3 Å². The number of fused-ring (bicyclic) bond motifs is 1. The molecule has 0 saturated heterocycles. The predicted octanol–water partition coefficient (Wildman–Crippen LogP) is 4.76. The summed E-state index contributed by atoms with van der Waals surface area (Å²) in [4.78, 5) is 12.7. The molecule has 0 saturated carbocycles. The molecule has 22 heavy (non-hydrogen) atoms. The number of pyridine rings is 1. The van der Waals surface area contributed by atoms with Crippen LogP contribution < -0.4 is 5.56 Å². The van der Waals surface area contributed by atoms with Crippen molar-refractivity contribution in [1.29, 1.82) is 0 Å². The van der Waals surface area contributed by atoms with Gasteiger partial charge in [-0.25, -0.2) is 0 Å². The maximum Gasteiger partial charge on any atom is 0.258 e. The van der Waals surface area contributed by atoms with Crippen LogP contribution in [0.15, 0.2) is 63.9 Å². The minimum Gasteiger partial charge on any atom is -0.312 e. The van der Waals surface area contributed by atoms with E-state index in [0.29, 0.717) is 0 Å². The normalized spacial score (nSPS) is 11.0. The largest absolute Gasteiger partial charge is 0.312 e. The highest BCUT2D eigenvalue weighted by molar-refractivity contribution is 9.10. The highest BCUT2D eigenvalue weighted by Crippen LogP contribution is 2.17. The van der Waals surface area contributed by atoms with Crippen molar-refractivity contribution in [3.8, 4) is 0 Å². The molecule has 1 aromatic heterocycles. The Labute approximate surface area is 138 Å². The summed E-state index contributed by atoms with van der Waals surface area (Å²) in [5, 5.41) is 1.82. The lowest BCUT2D eigenvalue weighted by molar-refractivity contribution is 0.631. The Bertz CT molecular complexity index is 849. The molecule has 3 heteroatoms.